The molecule has 0 aromatic heterocycles. The number of hydrogen-bond acceptors (Lipinski definition) is 8. The average molecular weight is 1090 g/mol. The Morgan fingerprint density at radius 1 is 0.391 bits per heavy atom. The molecule has 360 valence electrons. The van der Waals surface area contributed by atoms with E-state index in [2.05, 4.69) is 24.3 Å². The van der Waals surface area contributed by atoms with Gasteiger partial charge in [0.1, 0.15) is 19.5 Å². The van der Waals surface area contributed by atoms with Crippen LogP contribution in [0.4, 0.5) is 0 Å². The highest BCUT2D eigenvalue weighted by Crippen LogP contribution is 2.83. The van der Waals surface area contributed by atoms with E-state index in [4.69, 9.17) is 112 Å². The van der Waals surface area contributed by atoms with E-state index in [1.54, 1.807) is 0 Å². The van der Waals surface area contributed by atoms with Crippen LogP contribution >= 0.6 is 92.8 Å². The monoisotopic (exact) mass is 1090 g/mol. The molecular formula is C53H44Cl8O8. The Morgan fingerprint density at radius 3 is 0.812 bits per heavy atom. The highest BCUT2D eigenvalue weighted by atomic mass is 35.5. The quantitative estimate of drug-likeness (QED) is 0.156. The lowest BCUT2D eigenvalue weighted by molar-refractivity contribution is -0.221. The molecule has 6 saturated carbocycles. The van der Waals surface area contributed by atoms with E-state index in [0.717, 1.165) is 6.42 Å². The minimum atomic E-state index is -1.66. The molecule has 0 amide bonds. The van der Waals surface area contributed by atoms with Crippen molar-refractivity contribution in [2.45, 2.75) is 37.5 Å². The van der Waals surface area contributed by atoms with Gasteiger partial charge in [-0.15, -0.1) is 46.4 Å². The molecule has 24 atom stereocenters. The molecule has 69 heavy (non-hydrogen) atoms. The second-order valence-corrected chi connectivity index (χ2v) is 27.2. The maximum absolute atomic E-state index is 15.7. The zero-order valence-electron chi connectivity index (χ0n) is 37.3. The molecule has 6 fully saturated rings. The minimum Gasteiger partial charge on any atom is -0.350 e. The van der Waals surface area contributed by atoms with Gasteiger partial charge in [-0.25, -0.2) is 0 Å². The molecule has 14 bridgehead atoms. The fourth-order valence-corrected chi connectivity index (χ4v) is 26.2. The van der Waals surface area contributed by atoms with Crippen LogP contribution < -0.4 is 0 Å². The molecule has 0 saturated heterocycles. The Balaban J connectivity index is 0.764. The van der Waals surface area contributed by atoms with Gasteiger partial charge in [0.05, 0.1) is 20.1 Å². The third kappa shape index (κ3) is 3.82. The van der Waals surface area contributed by atoms with Gasteiger partial charge < -0.3 is 18.9 Å². The lowest BCUT2D eigenvalue weighted by Crippen LogP contribution is -2.65. The smallest absolute Gasteiger partial charge is 0.217 e. The molecule has 0 radical (unpaired) electrons. The fourth-order valence-electron chi connectivity index (χ4n) is 21.7. The lowest BCUT2D eigenvalue weighted by Gasteiger charge is -2.64. The first-order chi connectivity index (χ1) is 32.9. The number of ether oxygens (including phenoxy) is 4. The van der Waals surface area contributed by atoms with E-state index < -0.39 is 102 Å². The Bertz CT molecular complexity index is 2590. The molecule has 0 heterocycles. The minimum absolute atomic E-state index is 0.0118. The molecule has 0 aliphatic heterocycles. The van der Waals surface area contributed by atoms with Gasteiger partial charge in [-0.05, 0) is 65.6 Å². The zero-order chi connectivity index (χ0) is 47.8. The molecule has 24 unspecified atom stereocenters. The van der Waals surface area contributed by atoms with Crippen LogP contribution in [0.25, 0.3) is 0 Å². The van der Waals surface area contributed by atoms with Crippen molar-refractivity contribution >= 4 is 116 Å². The van der Waals surface area contributed by atoms with Gasteiger partial charge >= 0.3 is 0 Å². The van der Waals surface area contributed by atoms with Crippen molar-refractivity contribution < 1.29 is 38.1 Å². The summed E-state index contributed by atoms with van der Waals surface area (Å²) >= 11 is 59.0. The molecule has 20 aliphatic carbocycles. The Kier molecular flexibility index (Phi) is 8.23. The third-order valence-corrected chi connectivity index (χ3v) is 28.1. The maximum Gasteiger partial charge on any atom is 0.217 e. The second kappa shape index (κ2) is 12.9. The maximum atomic E-state index is 15.7. The van der Waals surface area contributed by atoms with Gasteiger partial charge in [0, 0.05) is 122 Å². The number of Topliss-reactive ketones (excluding diaryl/α,β-unsaturated/α-hetero) is 4. The Labute approximate surface area is 438 Å². The zero-order valence-corrected chi connectivity index (χ0v) is 43.4. The van der Waals surface area contributed by atoms with Crippen LogP contribution in [0, 0.1) is 130 Å². The molecule has 20 aliphatic rings. The van der Waals surface area contributed by atoms with Crippen molar-refractivity contribution in [1.82, 2.24) is 0 Å². The first kappa shape index (κ1) is 44.1. The van der Waals surface area contributed by atoms with Crippen LogP contribution in [0.15, 0.2) is 91.0 Å². The highest BCUT2D eigenvalue weighted by Gasteiger charge is 2.90. The summed E-state index contributed by atoms with van der Waals surface area (Å²) in [5.41, 5.74) is 2.11. The van der Waals surface area contributed by atoms with E-state index in [1.165, 1.54) is 28.4 Å². The average Bonchev–Trinajstić information content (AvgIpc) is 4.12. The summed E-state index contributed by atoms with van der Waals surface area (Å²) in [4.78, 5) is 56.5. The number of rotatable bonds is 4. The van der Waals surface area contributed by atoms with E-state index in [9.17, 15) is 0 Å². The van der Waals surface area contributed by atoms with Crippen LogP contribution in [0.2, 0.25) is 0 Å². The van der Waals surface area contributed by atoms with Crippen molar-refractivity contribution in [2.75, 3.05) is 28.4 Å². The van der Waals surface area contributed by atoms with Gasteiger partial charge in [0.15, 0.2) is 23.1 Å². The highest BCUT2D eigenvalue weighted by molar-refractivity contribution is 6.53. The summed E-state index contributed by atoms with van der Waals surface area (Å²) < 4.78 is 24.5. The largest absolute Gasteiger partial charge is 0.350 e. The number of carbonyl (C=O) groups is 4. The number of fused-ring (bicyclic) bond motifs is 6. The van der Waals surface area contributed by atoms with Crippen molar-refractivity contribution in [3.63, 3.8) is 0 Å². The van der Waals surface area contributed by atoms with Crippen LogP contribution in [-0.2, 0) is 38.1 Å². The van der Waals surface area contributed by atoms with Gasteiger partial charge in [0.25, 0.3) is 0 Å². The van der Waals surface area contributed by atoms with Gasteiger partial charge in [-0.1, -0.05) is 95.0 Å². The molecule has 0 aromatic carbocycles. The van der Waals surface area contributed by atoms with Crippen LogP contribution in [-0.4, -0.2) is 82.6 Å². The standard InChI is InChI=1S/C53H44Cl8O8/c1-66-52(67-2)48(58)36-18-9-10-19(37(36)49(52,59)45(55)44(48)54)33-32(18)40(62)28-14-5-6-15(29(28)41(33)63)25-23-13-22(24(14)25)26-16-7-8-17(27(23)26)31-30(16)42(64)34-20-11-12-21(35(34)43(31)65)39-38(20)50(60)46(56)47(57)51(39,61)53(50,68-3)69-4/h5-12,14-31,36-39H,13H2,1-4H3. The fraction of sp³-hybridized carbons (Fsp3) is 0.623. The van der Waals surface area contributed by atoms with Crippen LogP contribution in [0.5, 0.6) is 0 Å². The summed E-state index contributed by atoms with van der Waals surface area (Å²) in [5, 5.41) is 0.569. The van der Waals surface area contributed by atoms with Crippen molar-refractivity contribution in [3.8, 4) is 0 Å². The number of halogens is 8. The number of carbonyl (C=O) groups excluding carboxylic acids is 4. The normalized spacial score (nSPS) is 58.1. The predicted octanol–water partition coefficient (Wildman–Crippen LogP) is 9.51. The predicted molar refractivity (Wildman–Crippen MR) is 257 cm³/mol. The van der Waals surface area contributed by atoms with E-state index >= 15 is 19.2 Å². The summed E-state index contributed by atoms with van der Waals surface area (Å²) in [5.74, 6) is -9.37. The number of methoxy groups -OCH3 is 4. The number of hydrogen-bond donors (Lipinski definition) is 0. The topological polar surface area (TPSA) is 105 Å². The molecule has 0 N–H and O–H groups in total. The summed E-state index contributed by atoms with van der Waals surface area (Å²) in [7, 11) is 5.90. The van der Waals surface area contributed by atoms with Gasteiger partial charge in [-0.3, -0.25) is 19.2 Å². The second-order valence-electron chi connectivity index (χ2n) is 23.3. The SMILES string of the molecule is COC1(OC)C2(Cl)C(Cl)=C(Cl)C1(Cl)C1C3C=CC(C4=C3C(=O)C3C5C=CC(C3C4=O)C3C4CC(C53)C3C5C=CC(C6C(=O)C7=C(C(=O)C56)C5C=CC7C6C5C5(Cl)C(Cl)=C(Cl)C6(Cl)C5(OC)OC)C43)C12. The molecule has 20 rings (SSSR count). The number of alkyl halides is 4. The summed E-state index contributed by atoms with van der Waals surface area (Å²) in [6.45, 7) is 0. The molecule has 16 heteroatoms. The van der Waals surface area contributed by atoms with E-state index in [-0.39, 0.29) is 102 Å². The lowest BCUT2D eigenvalue weighted by atomic mass is 9.38. The number of allylic oxidation sites excluding steroid dienone is 12. The van der Waals surface area contributed by atoms with Crippen molar-refractivity contribution in [3.05, 3.63) is 91.0 Å². The first-order valence-corrected chi connectivity index (χ1v) is 27.4. The molecule has 0 spiro atoms. The molecule has 8 nitrogen and oxygen atoms in total. The first-order valence-electron chi connectivity index (χ1n) is 24.4. The third-order valence-electron chi connectivity index (χ3n) is 22.9. The molecule has 0 aromatic rings. The van der Waals surface area contributed by atoms with Crippen molar-refractivity contribution in [1.29, 1.82) is 0 Å². The number of ketones is 4. The Morgan fingerprint density at radius 2 is 0.609 bits per heavy atom. The summed E-state index contributed by atoms with van der Waals surface area (Å²) in [6.07, 6.45) is 18.0. The van der Waals surface area contributed by atoms with E-state index in [0.29, 0.717) is 22.3 Å². The molecular weight excluding hydrogens is 1050 g/mol. The van der Waals surface area contributed by atoms with E-state index in [1.807, 2.05) is 24.3 Å². The van der Waals surface area contributed by atoms with Gasteiger partial charge in [0.2, 0.25) is 11.6 Å². The van der Waals surface area contributed by atoms with Gasteiger partial charge in [-0.2, -0.15) is 0 Å². The Hall–Kier alpha value is -1.24. The summed E-state index contributed by atoms with van der Waals surface area (Å²) in [6, 6.07) is 0. The van der Waals surface area contributed by atoms with Crippen LogP contribution in [0.1, 0.15) is 6.42 Å². The van der Waals surface area contributed by atoms with Crippen LogP contribution in [0.3, 0.4) is 0 Å². The van der Waals surface area contributed by atoms with Crippen molar-refractivity contribution in [2.24, 2.45) is 130 Å².